The molecule has 1 aromatic rings. The number of allylic oxidation sites excluding steroid dienone is 3. The van der Waals surface area contributed by atoms with Crippen molar-refractivity contribution in [1.82, 2.24) is 10.6 Å². The van der Waals surface area contributed by atoms with Crippen molar-refractivity contribution in [3.63, 3.8) is 0 Å². The SMILES string of the molecule is CC(=O)N[C@@H](CSCC1=CC=C2C(=O)[C@](C)(O)C3(CC3)C(C)=C12)C(=O)N[C@@H](C)c1ccccc1. The normalized spacial score (nSPS) is 24.2. The Bertz CT molecular complexity index is 1110. The zero-order chi connectivity index (χ0) is 24.7. The second kappa shape index (κ2) is 9.19. The van der Waals surface area contributed by atoms with E-state index in [4.69, 9.17) is 0 Å². The highest BCUT2D eigenvalue weighted by Crippen LogP contribution is 2.64. The minimum absolute atomic E-state index is 0.178. The lowest BCUT2D eigenvalue weighted by atomic mass is 9.67. The van der Waals surface area contributed by atoms with Crippen molar-refractivity contribution in [3.05, 3.63) is 70.3 Å². The first-order chi connectivity index (χ1) is 16.1. The number of carbonyl (C=O) groups is 3. The molecule has 0 aromatic heterocycles. The number of rotatable bonds is 8. The van der Waals surface area contributed by atoms with Gasteiger partial charge in [0, 0.05) is 29.4 Å². The predicted octanol–water partition coefficient (Wildman–Crippen LogP) is 3.40. The smallest absolute Gasteiger partial charge is 0.243 e. The number of amides is 2. The van der Waals surface area contributed by atoms with Crippen LogP contribution in [0.4, 0.5) is 0 Å². The minimum Gasteiger partial charge on any atom is -0.381 e. The van der Waals surface area contributed by atoms with Gasteiger partial charge in [-0.15, -0.1) is 0 Å². The standard InChI is InChI=1S/C27H32N2O4S/c1-16-23-20(10-11-21(23)24(31)26(4,33)27(16)12-13-27)14-34-15-22(29-18(3)30)25(32)28-17(2)19-8-6-5-7-9-19/h5-11,17,22,33H,12-15H2,1-4H3,(H,28,32)(H,29,30)/t17-,22-,26-/m0/s1. The van der Waals surface area contributed by atoms with Crippen LogP contribution in [0.2, 0.25) is 0 Å². The number of hydrogen-bond acceptors (Lipinski definition) is 5. The summed E-state index contributed by atoms with van der Waals surface area (Å²) >= 11 is 1.55. The molecule has 3 N–H and O–H groups in total. The lowest BCUT2D eigenvalue weighted by molar-refractivity contribution is -0.137. The first kappa shape index (κ1) is 24.5. The van der Waals surface area contributed by atoms with Crippen molar-refractivity contribution in [2.24, 2.45) is 5.41 Å². The maximum absolute atomic E-state index is 13.0. The van der Waals surface area contributed by atoms with Gasteiger partial charge in [0.25, 0.3) is 0 Å². The first-order valence-electron chi connectivity index (χ1n) is 11.7. The average Bonchev–Trinajstić information content (AvgIpc) is 3.52. The van der Waals surface area contributed by atoms with E-state index in [1.54, 1.807) is 24.8 Å². The summed E-state index contributed by atoms with van der Waals surface area (Å²) in [7, 11) is 0. The third-order valence-electron chi connectivity index (χ3n) is 7.40. The number of benzene rings is 1. The molecule has 34 heavy (non-hydrogen) atoms. The highest BCUT2D eigenvalue weighted by atomic mass is 32.2. The molecule has 0 bridgehead atoms. The summed E-state index contributed by atoms with van der Waals surface area (Å²) in [6.45, 7) is 6.99. The molecule has 0 aliphatic heterocycles. The summed E-state index contributed by atoms with van der Waals surface area (Å²) in [6, 6.07) is 8.84. The number of aliphatic hydroxyl groups is 1. The van der Waals surface area contributed by atoms with E-state index in [0.717, 1.165) is 35.1 Å². The van der Waals surface area contributed by atoms with Crippen LogP contribution in [-0.4, -0.2) is 45.9 Å². The van der Waals surface area contributed by atoms with E-state index in [2.05, 4.69) is 10.6 Å². The van der Waals surface area contributed by atoms with Gasteiger partial charge in [-0.2, -0.15) is 11.8 Å². The molecule has 4 rings (SSSR count). The molecule has 1 fully saturated rings. The summed E-state index contributed by atoms with van der Waals surface area (Å²) < 4.78 is 0. The van der Waals surface area contributed by atoms with Gasteiger partial charge in [-0.25, -0.2) is 0 Å². The fourth-order valence-electron chi connectivity index (χ4n) is 5.20. The predicted molar refractivity (Wildman–Crippen MR) is 134 cm³/mol. The molecule has 180 valence electrons. The van der Waals surface area contributed by atoms with Gasteiger partial charge in [0.15, 0.2) is 5.78 Å². The van der Waals surface area contributed by atoms with Crippen molar-refractivity contribution in [2.75, 3.05) is 11.5 Å². The first-order valence-corrected chi connectivity index (χ1v) is 12.8. The van der Waals surface area contributed by atoms with Crippen LogP contribution < -0.4 is 10.6 Å². The largest absolute Gasteiger partial charge is 0.381 e. The molecule has 0 saturated heterocycles. The Balaban J connectivity index is 1.41. The third-order valence-corrected chi connectivity index (χ3v) is 8.48. The molecular weight excluding hydrogens is 448 g/mol. The van der Waals surface area contributed by atoms with E-state index >= 15 is 0 Å². The van der Waals surface area contributed by atoms with E-state index < -0.39 is 17.1 Å². The second-order valence-corrected chi connectivity index (χ2v) is 10.7. The molecule has 0 radical (unpaired) electrons. The topological polar surface area (TPSA) is 95.5 Å². The molecule has 3 aliphatic carbocycles. The number of nitrogens with one attached hydrogen (secondary N) is 2. The molecule has 3 aliphatic rings. The zero-order valence-electron chi connectivity index (χ0n) is 20.1. The van der Waals surface area contributed by atoms with Crippen molar-refractivity contribution in [1.29, 1.82) is 0 Å². The Labute approximate surface area is 205 Å². The quantitative estimate of drug-likeness (QED) is 0.530. The van der Waals surface area contributed by atoms with Crippen molar-refractivity contribution < 1.29 is 19.5 Å². The second-order valence-electron chi connectivity index (χ2n) is 9.66. The molecule has 0 unspecified atom stereocenters. The summed E-state index contributed by atoms with van der Waals surface area (Å²) in [6.07, 6.45) is 5.39. The Morgan fingerprint density at radius 1 is 1.15 bits per heavy atom. The van der Waals surface area contributed by atoms with Crippen LogP contribution in [0, 0.1) is 5.41 Å². The molecule has 2 amide bonds. The number of Topliss-reactive ketones (excluding diaryl/α,β-unsaturated/α-hetero) is 1. The fraction of sp³-hybridized carbons (Fsp3) is 0.444. The van der Waals surface area contributed by atoms with Crippen molar-refractivity contribution >= 4 is 29.4 Å². The van der Waals surface area contributed by atoms with Gasteiger partial charge in [0.05, 0.1) is 6.04 Å². The van der Waals surface area contributed by atoms with E-state index in [1.165, 1.54) is 6.92 Å². The van der Waals surface area contributed by atoms with Gasteiger partial charge < -0.3 is 15.7 Å². The number of thioether (sulfide) groups is 1. The van der Waals surface area contributed by atoms with Crippen LogP contribution >= 0.6 is 11.8 Å². The minimum atomic E-state index is -1.35. The summed E-state index contributed by atoms with van der Waals surface area (Å²) in [4.78, 5) is 37.7. The number of carbonyl (C=O) groups excluding carboxylic acids is 3. The van der Waals surface area contributed by atoms with E-state index in [1.807, 2.05) is 50.3 Å². The molecule has 3 atom stereocenters. The van der Waals surface area contributed by atoms with Gasteiger partial charge >= 0.3 is 0 Å². The molecule has 0 heterocycles. The van der Waals surface area contributed by atoms with Crippen molar-refractivity contribution in [2.45, 2.75) is 58.2 Å². The van der Waals surface area contributed by atoms with E-state index in [0.29, 0.717) is 17.1 Å². The Hall–Kier alpha value is -2.64. The van der Waals surface area contributed by atoms with Crippen LogP contribution in [0.25, 0.3) is 0 Å². The summed E-state index contributed by atoms with van der Waals surface area (Å²) in [5, 5.41) is 16.7. The Morgan fingerprint density at radius 3 is 2.44 bits per heavy atom. The lowest BCUT2D eigenvalue weighted by Gasteiger charge is -2.39. The maximum atomic E-state index is 13.0. The average molecular weight is 481 g/mol. The summed E-state index contributed by atoms with van der Waals surface area (Å²) in [5.41, 5.74) is 2.86. The van der Waals surface area contributed by atoms with E-state index in [9.17, 15) is 19.5 Å². The van der Waals surface area contributed by atoms with Crippen LogP contribution in [0.5, 0.6) is 0 Å². The summed E-state index contributed by atoms with van der Waals surface area (Å²) in [5.74, 6) is 0.326. The third kappa shape index (κ3) is 4.27. The van der Waals surface area contributed by atoms with Crippen LogP contribution in [0.3, 0.4) is 0 Å². The molecule has 1 spiro atoms. The van der Waals surface area contributed by atoms with Gasteiger partial charge in [0.2, 0.25) is 11.8 Å². The highest BCUT2D eigenvalue weighted by Gasteiger charge is 2.64. The highest BCUT2D eigenvalue weighted by molar-refractivity contribution is 7.99. The van der Waals surface area contributed by atoms with Gasteiger partial charge in [-0.3, -0.25) is 14.4 Å². The van der Waals surface area contributed by atoms with Gasteiger partial charge in [-0.1, -0.05) is 48.1 Å². The van der Waals surface area contributed by atoms with Crippen LogP contribution in [0.1, 0.15) is 52.1 Å². The lowest BCUT2D eigenvalue weighted by Crippen LogP contribution is -2.49. The van der Waals surface area contributed by atoms with Gasteiger partial charge in [-0.05, 0) is 50.3 Å². The molecule has 1 aromatic carbocycles. The molecule has 7 heteroatoms. The van der Waals surface area contributed by atoms with Crippen molar-refractivity contribution in [3.8, 4) is 0 Å². The fourth-order valence-corrected chi connectivity index (χ4v) is 6.25. The number of fused-ring (bicyclic) bond motifs is 1. The molecular formula is C27H32N2O4S. The van der Waals surface area contributed by atoms with Gasteiger partial charge in [0.1, 0.15) is 11.6 Å². The van der Waals surface area contributed by atoms with Crippen LogP contribution in [0.15, 0.2) is 64.8 Å². The Morgan fingerprint density at radius 2 is 1.82 bits per heavy atom. The number of ketones is 1. The zero-order valence-corrected chi connectivity index (χ0v) is 20.9. The van der Waals surface area contributed by atoms with Crippen LogP contribution in [-0.2, 0) is 14.4 Å². The Kier molecular flexibility index (Phi) is 6.62. The maximum Gasteiger partial charge on any atom is 0.243 e. The molecule has 6 nitrogen and oxygen atoms in total. The molecule has 1 saturated carbocycles. The monoisotopic (exact) mass is 480 g/mol. The number of hydrogen-bond donors (Lipinski definition) is 3. The van der Waals surface area contributed by atoms with E-state index in [-0.39, 0.29) is 23.6 Å².